The van der Waals surface area contributed by atoms with Gasteiger partial charge in [0.25, 0.3) is 5.91 Å². The molecule has 4 heterocycles. The Morgan fingerprint density at radius 2 is 2.05 bits per heavy atom. The van der Waals surface area contributed by atoms with Crippen molar-refractivity contribution < 1.29 is 14.3 Å². The Kier molecular flexibility index (Phi) is 9.71. The Labute approximate surface area is 233 Å². The quantitative estimate of drug-likeness (QED) is 0.259. The number of rotatable bonds is 7. The molecule has 10 nitrogen and oxygen atoms in total. The monoisotopic (exact) mass is 541 g/mol. The van der Waals surface area contributed by atoms with E-state index in [0.29, 0.717) is 23.8 Å². The Bertz CT molecular complexity index is 1480. The molecule has 40 heavy (non-hydrogen) atoms. The summed E-state index contributed by atoms with van der Waals surface area (Å²) in [5, 5.41) is 2.83. The van der Waals surface area contributed by atoms with Gasteiger partial charge in [-0.2, -0.15) is 0 Å². The first kappa shape index (κ1) is 28.6. The van der Waals surface area contributed by atoms with Crippen LogP contribution in [-0.4, -0.2) is 63.8 Å². The number of carbonyl (C=O) groups excluding carboxylic acids is 2. The number of allylic oxidation sites excluding steroid dienone is 1. The molecule has 10 heteroatoms. The number of nitrogens with zero attached hydrogens (tertiary/aromatic N) is 5. The van der Waals surface area contributed by atoms with E-state index in [1.807, 2.05) is 43.5 Å². The standard InChI is InChI=1S/C25H27N7O.C5H8O2/c1-16-15-17(25(33)29-20-8-3-5-11-27-20)9-10-18(16)21-22-23(26)28-12-14-32(22)24(30-21)19-7-4-6-13-31(19)2;1-7-5-3-2-4-6/h3,5,8-12,14-15,19H,4,6-7,13H2,1-2H3,(H2,26,28)(H,27,29,33);2-4H,5H2,1H3/b;3-2+/t19-;/m0./s1. The molecule has 1 aromatic carbocycles. The second kappa shape index (κ2) is 13.6. The average Bonchev–Trinajstić information content (AvgIpc) is 3.35. The number of aryl methyl sites for hydroxylation is 1. The number of anilines is 2. The summed E-state index contributed by atoms with van der Waals surface area (Å²) >= 11 is 0. The van der Waals surface area contributed by atoms with Crippen LogP contribution in [0.5, 0.6) is 0 Å². The van der Waals surface area contributed by atoms with Gasteiger partial charge in [-0.1, -0.05) is 24.6 Å². The number of nitrogens with one attached hydrogen (secondary N) is 1. The molecule has 0 unspecified atom stereocenters. The molecule has 1 atom stereocenters. The number of piperidine rings is 1. The van der Waals surface area contributed by atoms with Gasteiger partial charge in [-0.25, -0.2) is 15.0 Å². The van der Waals surface area contributed by atoms with Crippen molar-refractivity contribution in [2.75, 3.05) is 38.4 Å². The van der Waals surface area contributed by atoms with Gasteiger partial charge in [0.2, 0.25) is 0 Å². The van der Waals surface area contributed by atoms with Crippen molar-refractivity contribution in [1.82, 2.24) is 24.3 Å². The van der Waals surface area contributed by atoms with Crippen LogP contribution < -0.4 is 11.1 Å². The van der Waals surface area contributed by atoms with Crippen LogP contribution in [0.15, 0.2) is 67.1 Å². The van der Waals surface area contributed by atoms with E-state index in [1.54, 1.807) is 31.6 Å². The average molecular weight is 542 g/mol. The normalized spacial score (nSPS) is 15.5. The Morgan fingerprint density at radius 1 is 1.20 bits per heavy atom. The third kappa shape index (κ3) is 6.59. The Balaban J connectivity index is 0.000000470. The molecule has 3 aromatic heterocycles. The molecular weight excluding hydrogens is 506 g/mol. The van der Waals surface area contributed by atoms with Gasteiger partial charge in [-0.3, -0.25) is 18.9 Å². The van der Waals surface area contributed by atoms with Crippen LogP contribution in [0.25, 0.3) is 16.8 Å². The molecule has 208 valence electrons. The van der Waals surface area contributed by atoms with Crippen molar-refractivity contribution in [3.05, 3.63) is 84.1 Å². The minimum Gasteiger partial charge on any atom is -0.382 e. The van der Waals surface area contributed by atoms with E-state index >= 15 is 0 Å². The Hall–Kier alpha value is -4.41. The molecule has 1 amide bonds. The summed E-state index contributed by atoms with van der Waals surface area (Å²) in [4.78, 5) is 38.2. The van der Waals surface area contributed by atoms with Crippen LogP contribution in [0.3, 0.4) is 0 Å². The van der Waals surface area contributed by atoms with Crippen LogP contribution in [0.2, 0.25) is 0 Å². The number of carbonyl (C=O) groups is 2. The molecule has 1 fully saturated rings. The number of likely N-dealkylation sites (tertiary alicyclic amines) is 1. The number of imidazole rings is 1. The Morgan fingerprint density at radius 3 is 2.75 bits per heavy atom. The van der Waals surface area contributed by atoms with Gasteiger partial charge in [0, 0.05) is 36.8 Å². The number of hydrogen-bond donors (Lipinski definition) is 2. The topological polar surface area (TPSA) is 128 Å². The molecule has 0 radical (unpaired) electrons. The lowest BCUT2D eigenvalue weighted by Gasteiger charge is -2.31. The molecule has 1 aliphatic rings. The number of fused-ring (bicyclic) bond motifs is 1. The minimum absolute atomic E-state index is 0.205. The highest BCUT2D eigenvalue weighted by atomic mass is 16.5. The number of aldehydes is 1. The van der Waals surface area contributed by atoms with Crippen LogP contribution in [-0.2, 0) is 9.53 Å². The summed E-state index contributed by atoms with van der Waals surface area (Å²) in [5.41, 5.74) is 10.4. The van der Waals surface area contributed by atoms with Crippen molar-refractivity contribution in [1.29, 1.82) is 0 Å². The molecule has 3 N–H and O–H groups in total. The van der Waals surface area contributed by atoms with Gasteiger partial charge >= 0.3 is 0 Å². The lowest BCUT2D eigenvalue weighted by molar-refractivity contribution is -0.104. The summed E-state index contributed by atoms with van der Waals surface area (Å²) < 4.78 is 6.67. The molecule has 0 saturated carbocycles. The lowest BCUT2D eigenvalue weighted by Crippen LogP contribution is -2.30. The zero-order valence-electron chi connectivity index (χ0n) is 23.1. The van der Waals surface area contributed by atoms with Crippen LogP contribution >= 0.6 is 0 Å². The fraction of sp³-hybridized carbons (Fsp3) is 0.300. The number of hydrogen-bond acceptors (Lipinski definition) is 8. The van der Waals surface area contributed by atoms with Crippen molar-refractivity contribution in [3.8, 4) is 11.3 Å². The van der Waals surface area contributed by atoms with E-state index in [0.717, 1.165) is 47.4 Å². The summed E-state index contributed by atoms with van der Waals surface area (Å²) in [7, 11) is 3.73. The number of ether oxygens (including phenoxy) is 1. The second-order valence-electron chi connectivity index (χ2n) is 9.56. The molecule has 0 spiro atoms. The van der Waals surface area contributed by atoms with Crippen LogP contribution in [0.1, 0.15) is 47.1 Å². The fourth-order valence-corrected chi connectivity index (χ4v) is 4.81. The number of pyridine rings is 1. The van der Waals surface area contributed by atoms with Crippen LogP contribution in [0.4, 0.5) is 11.6 Å². The van der Waals surface area contributed by atoms with E-state index in [9.17, 15) is 9.59 Å². The second-order valence-corrected chi connectivity index (χ2v) is 9.56. The molecular formula is C30H35N7O3. The maximum atomic E-state index is 12.7. The molecule has 1 aliphatic heterocycles. The number of amides is 1. The zero-order chi connectivity index (χ0) is 28.5. The SMILES string of the molecule is COC/C=C/C=O.Cc1cc(C(=O)Nc2ccccn2)ccc1-c1nc([C@@H]2CCCCN2C)n2ccnc(N)c12. The molecule has 5 rings (SSSR count). The van der Waals surface area contributed by atoms with E-state index in [-0.39, 0.29) is 11.9 Å². The molecule has 1 saturated heterocycles. The molecule has 4 aromatic rings. The van der Waals surface area contributed by atoms with Gasteiger partial charge in [-0.05, 0) is 69.3 Å². The number of nitrogens with two attached hydrogens (primary N) is 1. The maximum Gasteiger partial charge on any atom is 0.256 e. The van der Waals surface area contributed by atoms with Crippen molar-refractivity contribution in [3.63, 3.8) is 0 Å². The number of aromatic nitrogens is 4. The highest BCUT2D eigenvalue weighted by molar-refractivity contribution is 6.04. The van der Waals surface area contributed by atoms with Crippen molar-refractivity contribution in [2.24, 2.45) is 0 Å². The van der Waals surface area contributed by atoms with Gasteiger partial charge in [0.15, 0.2) is 0 Å². The largest absolute Gasteiger partial charge is 0.382 e. The third-order valence-electron chi connectivity index (χ3n) is 6.81. The van der Waals surface area contributed by atoms with Gasteiger partial charge in [0.1, 0.15) is 35.0 Å². The van der Waals surface area contributed by atoms with Crippen molar-refractivity contribution in [2.45, 2.75) is 32.2 Å². The van der Waals surface area contributed by atoms with E-state index in [1.165, 1.54) is 18.9 Å². The van der Waals surface area contributed by atoms with Gasteiger partial charge < -0.3 is 15.8 Å². The first-order chi connectivity index (χ1) is 19.4. The summed E-state index contributed by atoms with van der Waals surface area (Å²) in [6, 6.07) is 11.2. The van der Waals surface area contributed by atoms with E-state index in [2.05, 4.69) is 36.4 Å². The van der Waals surface area contributed by atoms with E-state index in [4.69, 9.17) is 10.7 Å². The summed E-state index contributed by atoms with van der Waals surface area (Å²) in [5.74, 6) is 1.74. The predicted octanol–water partition coefficient (Wildman–Crippen LogP) is 4.48. The third-order valence-corrected chi connectivity index (χ3v) is 6.81. The summed E-state index contributed by atoms with van der Waals surface area (Å²) in [6.45, 7) is 3.55. The minimum atomic E-state index is -0.205. The van der Waals surface area contributed by atoms with Crippen LogP contribution in [0, 0.1) is 6.92 Å². The predicted molar refractivity (Wildman–Crippen MR) is 156 cm³/mol. The smallest absolute Gasteiger partial charge is 0.256 e. The van der Waals surface area contributed by atoms with Gasteiger partial charge in [0.05, 0.1) is 12.6 Å². The van der Waals surface area contributed by atoms with Gasteiger partial charge in [-0.15, -0.1) is 0 Å². The highest BCUT2D eigenvalue weighted by Gasteiger charge is 2.27. The highest BCUT2D eigenvalue weighted by Crippen LogP contribution is 2.36. The molecule has 0 bridgehead atoms. The van der Waals surface area contributed by atoms with Crippen molar-refractivity contribution >= 4 is 29.3 Å². The zero-order valence-corrected chi connectivity index (χ0v) is 23.1. The maximum absolute atomic E-state index is 12.7. The molecule has 0 aliphatic carbocycles. The first-order valence-electron chi connectivity index (χ1n) is 13.2. The number of benzene rings is 1. The number of methoxy groups -OCH3 is 1. The lowest BCUT2D eigenvalue weighted by atomic mass is 10.0. The first-order valence-corrected chi connectivity index (χ1v) is 13.2. The fourth-order valence-electron chi connectivity index (χ4n) is 4.81. The summed E-state index contributed by atoms with van der Waals surface area (Å²) in [6.07, 6.45) is 12.5. The van der Waals surface area contributed by atoms with E-state index < -0.39 is 0 Å². The number of nitrogen functional groups attached to an aromatic ring is 1.